The lowest BCUT2D eigenvalue weighted by Crippen LogP contribution is -2.52. The van der Waals surface area contributed by atoms with Gasteiger partial charge >= 0.3 is 0 Å². The molecular formula is C13H19N3O3S. The first-order valence-corrected chi connectivity index (χ1v) is 7.97. The van der Waals surface area contributed by atoms with Crippen LogP contribution in [0, 0.1) is 6.92 Å². The molecule has 1 fully saturated rings. The molecule has 0 amide bonds. The van der Waals surface area contributed by atoms with E-state index >= 15 is 0 Å². The van der Waals surface area contributed by atoms with E-state index in [2.05, 4.69) is 9.62 Å². The molecule has 1 aromatic carbocycles. The lowest BCUT2D eigenvalue weighted by atomic mass is 10.2. The number of aldehydes is 1. The van der Waals surface area contributed by atoms with Crippen LogP contribution in [0.4, 0.5) is 5.69 Å². The molecule has 1 heterocycles. The molecule has 0 aliphatic carbocycles. The predicted molar refractivity (Wildman–Crippen MR) is 78.0 cm³/mol. The monoisotopic (exact) mass is 297 g/mol. The number of anilines is 1. The molecule has 0 atom stereocenters. The molecule has 2 rings (SSSR count). The summed E-state index contributed by atoms with van der Waals surface area (Å²) in [5.74, 6) is 0. The number of hydrogen-bond acceptors (Lipinski definition) is 4. The van der Waals surface area contributed by atoms with E-state index in [-0.39, 0.29) is 6.54 Å². The van der Waals surface area contributed by atoms with Crippen LogP contribution in [0.3, 0.4) is 0 Å². The first kappa shape index (κ1) is 15.0. The topological polar surface area (TPSA) is 69.7 Å². The first-order valence-electron chi connectivity index (χ1n) is 6.53. The van der Waals surface area contributed by atoms with Crippen LogP contribution in [0.1, 0.15) is 5.56 Å². The van der Waals surface area contributed by atoms with Gasteiger partial charge in [0.25, 0.3) is 10.2 Å². The maximum absolute atomic E-state index is 11.9. The van der Waals surface area contributed by atoms with Crippen LogP contribution in [0.25, 0.3) is 0 Å². The van der Waals surface area contributed by atoms with Crippen molar-refractivity contribution in [2.45, 2.75) is 6.92 Å². The van der Waals surface area contributed by atoms with Gasteiger partial charge in [0.05, 0.1) is 6.54 Å². The summed E-state index contributed by atoms with van der Waals surface area (Å²) < 4.78 is 27.4. The fraction of sp³-hybridized carbons (Fsp3) is 0.462. The quantitative estimate of drug-likeness (QED) is 0.786. The van der Waals surface area contributed by atoms with Crippen molar-refractivity contribution in [2.75, 3.05) is 37.6 Å². The van der Waals surface area contributed by atoms with Gasteiger partial charge in [0.2, 0.25) is 0 Å². The maximum atomic E-state index is 11.9. The van der Waals surface area contributed by atoms with Gasteiger partial charge in [-0.2, -0.15) is 17.4 Å². The van der Waals surface area contributed by atoms with E-state index in [4.69, 9.17) is 0 Å². The third-order valence-corrected chi connectivity index (χ3v) is 4.90. The molecule has 6 nitrogen and oxygen atoms in total. The molecule has 1 saturated heterocycles. The lowest BCUT2D eigenvalue weighted by molar-refractivity contribution is -0.106. The van der Waals surface area contributed by atoms with Crippen molar-refractivity contribution in [1.82, 2.24) is 9.03 Å². The van der Waals surface area contributed by atoms with E-state index in [0.717, 1.165) is 5.69 Å². The number of nitrogens with zero attached hydrogens (tertiary/aromatic N) is 2. The summed E-state index contributed by atoms with van der Waals surface area (Å²) in [7, 11) is -3.53. The van der Waals surface area contributed by atoms with Crippen LogP contribution >= 0.6 is 0 Å². The third-order valence-electron chi connectivity index (χ3n) is 3.33. The van der Waals surface area contributed by atoms with E-state index in [0.29, 0.717) is 32.5 Å². The van der Waals surface area contributed by atoms with Gasteiger partial charge in [-0.3, -0.25) is 0 Å². The van der Waals surface area contributed by atoms with Gasteiger partial charge in [0.15, 0.2) is 0 Å². The van der Waals surface area contributed by atoms with Crippen molar-refractivity contribution in [3.63, 3.8) is 0 Å². The van der Waals surface area contributed by atoms with E-state index in [1.54, 1.807) is 0 Å². The number of carbonyl (C=O) groups is 1. The van der Waals surface area contributed by atoms with Crippen LogP contribution in [-0.4, -0.2) is 51.7 Å². The summed E-state index contributed by atoms with van der Waals surface area (Å²) in [6, 6.07) is 8.18. The Balaban J connectivity index is 1.95. The second-order valence-corrected chi connectivity index (χ2v) is 6.50. The van der Waals surface area contributed by atoms with Crippen LogP contribution in [0.5, 0.6) is 0 Å². The number of rotatable bonds is 5. The Morgan fingerprint density at radius 2 is 1.75 bits per heavy atom. The van der Waals surface area contributed by atoms with Crippen LogP contribution in [-0.2, 0) is 15.0 Å². The van der Waals surface area contributed by atoms with E-state index < -0.39 is 10.2 Å². The first-order chi connectivity index (χ1) is 9.53. The van der Waals surface area contributed by atoms with Crippen LogP contribution in [0.2, 0.25) is 0 Å². The summed E-state index contributed by atoms with van der Waals surface area (Å²) in [6.07, 6.45) is 0.542. The van der Waals surface area contributed by atoms with E-state index in [9.17, 15) is 13.2 Å². The van der Waals surface area contributed by atoms with Gasteiger partial charge < -0.3 is 9.69 Å². The average molecular weight is 297 g/mol. The smallest absolute Gasteiger partial charge is 0.279 e. The molecular weight excluding hydrogens is 278 g/mol. The highest BCUT2D eigenvalue weighted by atomic mass is 32.2. The summed E-state index contributed by atoms with van der Waals surface area (Å²) in [6.45, 7) is 3.98. The highest BCUT2D eigenvalue weighted by Crippen LogP contribution is 2.17. The molecule has 0 saturated carbocycles. The molecule has 0 aromatic heterocycles. The van der Waals surface area contributed by atoms with E-state index in [1.165, 1.54) is 9.87 Å². The van der Waals surface area contributed by atoms with Crippen molar-refractivity contribution in [1.29, 1.82) is 0 Å². The number of aryl methyl sites for hydroxylation is 1. The Labute approximate surface area is 119 Å². The molecule has 1 aliphatic heterocycles. The minimum atomic E-state index is -3.53. The van der Waals surface area contributed by atoms with Crippen LogP contribution in [0.15, 0.2) is 24.3 Å². The Hall–Kier alpha value is -1.44. The molecule has 1 aliphatic rings. The zero-order valence-electron chi connectivity index (χ0n) is 11.4. The van der Waals surface area contributed by atoms with Crippen LogP contribution < -0.4 is 9.62 Å². The molecule has 0 spiro atoms. The average Bonchev–Trinajstić information content (AvgIpc) is 2.46. The molecule has 0 unspecified atom stereocenters. The van der Waals surface area contributed by atoms with Gasteiger partial charge in [-0.1, -0.05) is 17.7 Å². The summed E-state index contributed by atoms with van der Waals surface area (Å²) >= 11 is 0. The maximum Gasteiger partial charge on any atom is 0.279 e. The molecule has 0 bridgehead atoms. The molecule has 7 heteroatoms. The molecule has 1 aromatic rings. The zero-order chi connectivity index (χ0) is 14.6. The number of benzene rings is 1. The van der Waals surface area contributed by atoms with Gasteiger partial charge in [-0.15, -0.1) is 0 Å². The highest BCUT2D eigenvalue weighted by Gasteiger charge is 2.26. The Morgan fingerprint density at radius 1 is 1.15 bits per heavy atom. The Kier molecular flexibility index (Phi) is 4.74. The van der Waals surface area contributed by atoms with Gasteiger partial charge in [-0.25, -0.2) is 0 Å². The lowest BCUT2D eigenvalue weighted by Gasteiger charge is -2.35. The van der Waals surface area contributed by atoms with Crippen molar-refractivity contribution in [2.24, 2.45) is 0 Å². The van der Waals surface area contributed by atoms with Crippen molar-refractivity contribution in [3.8, 4) is 0 Å². The summed E-state index contributed by atoms with van der Waals surface area (Å²) in [4.78, 5) is 12.4. The van der Waals surface area contributed by atoms with Crippen molar-refractivity contribution < 1.29 is 13.2 Å². The van der Waals surface area contributed by atoms with Crippen molar-refractivity contribution >= 4 is 22.2 Å². The second kappa shape index (κ2) is 6.34. The summed E-state index contributed by atoms with van der Waals surface area (Å²) in [5, 5.41) is 0. The number of piperazine rings is 1. The molecule has 110 valence electrons. The SMILES string of the molecule is Cc1ccc(N2CCN(S(=O)(=O)NCC=O)CC2)cc1. The third kappa shape index (κ3) is 3.56. The van der Waals surface area contributed by atoms with Gasteiger partial charge in [-0.05, 0) is 19.1 Å². The minimum absolute atomic E-state index is 0.180. The Morgan fingerprint density at radius 3 is 2.30 bits per heavy atom. The molecule has 20 heavy (non-hydrogen) atoms. The van der Waals surface area contributed by atoms with Gasteiger partial charge in [0.1, 0.15) is 6.29 Å². The summed E-state index contributed by atoms with van der Waals surface area (Å²) in [5.41, 5.74) is 2.31. The van der Waals surface area contributed by atoms with Gasteiger partial charge in [0, 0.05) is 31.9 Å². The normalized spacial score (nSPS) is 17.1. The van der Waals surface area contributed by atoms with Crippen molar-refractivity contribution in [3.05, 3.63) is 29.8 Å². The Bertz CT molecular complexity index is 549. The fourth-order valence-corrected chi connectivity index (χ4v) is 3.28. The number of hydrogen-bond donors (Lipinski definition) is 1. The predicted octanol–water partition coefficient (Wildman–Crippen LogP) is 0.150. The second-order valence-electron chi connectivity index (χ2n) is 4.74. The zero-order valence-corrected chi connectivity index (χ0v) is 12.3. The largest absolute Gasteiger partial charge is 0.369 e. The molecule has 0 radical (unpaired) electrons. The fourth-order valence-electron chi connectivity index (χ4n) is 2.17. The number of nitrogens with one attached hydrogen (secondary N) is 1. The molecule has 1 N–H and O–H groups in total. The number of carbonyl (C=O) groups excluding carboxylic acids is 1. The standard InChI is InChI=1S/C13H19N3O3S/c1-12-2-4-13(5-3-12)15-7-9-16(10-8-15)20(18,19)14-6-11-17/h2-5,11,14H,6-10H2,1H3. The van der Waals surface area contributed by atoms with E-state index in [1.807, 2.05) is 31.2 Å². The minimum Gasteiger partial charge on any atom is -0.369 e. The highest BCUT2D eigenvalue weighted by molar-refractivity contribution is 7.87.